The highest BCUT2D eigenvalue weighted by Gasteiger charge is 2.29. The summed E-state index contributed by atoms with van der Waals surface area (Å²) in [5.41, 5.74) is 0.409. The molecule has 0 unspecified atom stereocenters. The second-order valence-corrected chi connectivity index (χ2v) is 4.35. The molecule has 120 valence electrons. The summed E-state index contributed by atoms with van der Waals surface area (Å²) >= 11 is 0. The number of carbonyl (C=O) groups is 3. The van der Waals surface area contributed by atoms with Gasteiger partial charge < -0.3 is 14.2 Å². The van der Waals surface area contributed by atoms with Gasteiger partial charge in [-0.15, -0.1) is 0 Å². The molecule has 0 atom stereocenters. The standard InChI is InChI=1S/C16H20O6/c1-3-20-15(18)13(16(19)21-4-2)10-11-22-14(17)12-8-6-5-7-9-12/h5-9,13H,3-4,10-11H2,1-2H3. The molecule has 0 aliphatic rings. The van der Waals surface area contributed by atoms with Crippen molar-refractivity contribution < 1.29 is 28.6 Å². The summed E-state index contributed by atoms with van der Waals surface area (Å²) in [6.07, 6.45) is 0.0240. The smallest absolute Gasteiger partial charge is 0.338 e. The summed E-state index contributed by atoms with van der Waals surface area (Å²) in [6, 6.07) is 8.47. The molecule has 0 saturated heterocycles. The molecule has 0 heterocycles. The summed E-state index contributed by atoms with van der Waals surface area (Å²) in [7, 11) is 0. The minimum atomic E-state index is -1.08. The van der Waals surface area contributed by atoms with Gasteiger partial charge in [-0.25, -0.2) is 4.79 Å². The Balaban J connectivity index is 2.54. The Morgan fingerprint density at radius 1 is 0.909 bits per heavy atom. The Morgan fingerprint density at radius 3 is 1.95 bits per heavy atom. The second kappa shape index (κ2) is 9.55. The molecule has 0 aliphatic carbocycles. The van der Waals surface area contributed by atoms with Crippen molar-refractivity contribution in [2.75, 3.05) is 19.8 Å². The fraction of sp³-hybridized carbons (Fsp3) is 0.438. The van der Waals surface area contributed by atoms with E-state index >= 15 is 0 Å². The van der Waals surface area contributed by atoms with Crippen molar-refractivity contribution in [2.24, 2.45) is 5.92 Å². The van der Waals surface area contributed by atoms with E-state index in [1.165, 1.54) is 0 Å². The molecule has 22 heavy (non-hydrogen) atoms. The van der Waals surface area contributed by atoms with Crippen LogP contribution in [0.5, 0.6) is 0 Å². The minimum Gasteiger partial charge on any atom is -0.465 e. The lowest BCUT2D eigenvalue weighted by molar-refractivity contribution is -0.162. The van der Waals surface area contributed by atoms with Crippen molar-refractivity contribution in [3.05, 3.63) is 35.9 Å². The molecule has 0 N–H and O–H groups in total. The number of hydrogen-bond donors (Lipinski definition) is 0. The van der Waals surface area contributed by atoms with Crippen LogP contribution in [-0.2, 0) is 23.8 Å². The van der Waals surface area contributed by atoms with Crippen LogP contribution in [0.25, 0.3) is 0 Å². The van der Waals surface area contributed by atoms with Gasteiger partial charge in [0.1, 0.15) is 0 Å². The quantitative estimate of drug-likeness (QED) is 0.415. The van der Waals surface area contributed by atoms with Crippen LogP contribution in [0.1, 0.15) is 30.6 Å². The molecule has 1 aromatic carbocycles. The van der Waals surface area contributed by atoms with Crippen LogP contribution < -0.4 is 0 Å². The number of hydrogen-bond acceptors (Lipinski definition) is 6. The molecule has 0 amide bonds. The average molecular weight is 308 g/mol. The monoisotopic (exact) mass is 308 g/mol. The summed E-state index contributed by atoms with van der Waals surface area (Å²) in [5, 5.41) is 0. The molecule has 0 fully saturated rings. The molecule has 0 aromatic heterocycles. The van der Waals surface area contributed by atoms with E-state index in [2.05, 4.69) is 0 Å². The van der Waals surface area contributed by atoms with Crippen LogP contribution in [0.3, 0.4) is 0 Å². The van der Waals surface area contributed by atoms with Gasteiger partial charge in [-0.1, -0.05) is 18.2 Å². The molecular weight excluding hydrogens is 288 g/mol. The van der Waals surface area contributed by atoms with Gasteiger partial charge in [-0.2, -0.15) is 0 Å². The van der Waals surface area contributed by atoms with Crippen LogP contribution in [-0.4, -0.2) is 37.7 Å². The number of esters is 3. The lowest BCUT2D eigenvalue weighted by atomic mass is 10.1. The first kappa shape index (κ1) is 17.7. The first-order valence-corrected chi connectivity index (χ1v) is 7.15. The number of benzene rings is 1. The maximum absolute atomic E-state index is 11.8. The zero-order valence-electron chi connectivity index (χ0n) is 12.7. The lowest BCUT2D eigenvalue weighted by Crippen LogP contribution is -2.29. The molecular formula is C16H20O6. The normalized spacial score (nSPS) is 10.1. The van der Waals surface area contributed by atoms with E-state index in [4.69, 9.17) is 14.2 Å². The predicted molar refractivity (Wildman–Crippen MR) is 78.1 cm³/mol. The number of rotatable bonds is 8. The van der Waals surface area contributed by atoms with Gasteiger partial charge in [0.15, 0.2) is 5.92 Å². The van der Waals surface area contributed by atoms with Crippen LogP contribution in [0.4, 0.5) is 0 Å². The van der Waals surface area contributed by atoms with Crippen LogP contribution in [0.2, 0.25) is 0 Å². The molecule has 0 spiro atoms. The maximum atomic E-state index is 11.8. The molecule has 1 rings (SSSR count). The Kier molecular flexibility index (Phi) is 7.67. The van der Waals surface area contributed by atoms with Crippen molar-refractivity contribution in [1.29, 1.82) is 0 Å². The van der Waals surface area contributed by atoms with Crippen LogP contribution in [0, 0.1) is 5.92 Å². The van der Waals surface area contributed by atoms with E-state index in [-0.39, 0.29) is 26.2 Å². The summed E-state index contributed by atoms with van der Waals surface area (Å²) in [5.74, 6) is -2.93. The van der Waals surface area contributed by atoms with Crippen LogP contribution in [0.15, 0.2) is 30.3 Å². The first-order valence-electron chi connectivity index (χ1n) is 7.15. The van der Waals surface area contributed by atoms with Crippen molar-refractivity contribution in [3.63, 3.8) is 0 Å². The van der Waals surface area contributed by atoms with Gasteiger partial charge >= 0.3 is 17.9 Å². The molecule has 6 heteroatoms. The fourth-order valence-corrected chi connectivity index (χ4v) is 1.74. The Bertz CT molecular complexity index is 479. The van der Waals surface area contributed by atoms with Crippen molar-refractivity contribution in [2.45, 2.75) is 20.3 Å². The zero-order chi connectivity index (χ0) is 16.4. The van der Waals surface area contributed by atoms with Crippen molar-refractivity contribution >= 4 is 17.9 Å². The maximum Gasteiger partial charge on any atom is 0.338 e. The van der Waals surface area contributed by atoms with E-state index in [9.17, 15) is 14.4 Å². The average Bonchev–Trinajstić information content (AvgIpc) is 2.52. The van der Waals surface area contributed by atoms with Gasteiger partial charge in [-0.05, 0) is 26.0 Å². The SMILES string of the molecule is CCOC(=O)C(CCOC(=O)c1ccccc1)C(=O)OCC. The highest BCUT2D eigenvalue weighted by atomic mass is 16.6. The van der Waals surface area contributed by atoms with E-state index in [1.807, 2.05) is 0 Å². The third-order valence-electron chi connectivity index (χ3n) is 2.79. The van der Waals surface area contributed by atoms with E-state index in [1.54, 1.807) is 44.2 Å². The number of ether oxygens (including phenoxy) is 3. The van der Waals surface area contributed by atoms with E-state index < -0.39 is 23.8 Å². The highest BCUT2D eigenvalue weighted by molar-refractivity contribution is 5.95. The summed E-state index contributed by atoms with van der Waals surface area (Å²) < 4.78 is 14.7. The summed E-state index contributed by atoms with van der Waals surface area (Å²) in [6.45, 7) is 3.55. The number of carbonyl (C=O) groups excluding carboxylic acids is 3. The Labute approximate surface area is 129 Å². The van der Waals surface area contributed by atoms with Crippen molar-refractivity contribution in [1.82, 2.24) is 0 Å². The van der Waals surface area contributed by atoms with Gasteiger partial charge in [0.25, 0.3) is 0 Å². The molecule has 6 nitrogen and oxygen atoms in total. The topological polar surface area (TPSA) is 78.9 Å². The second-order valence-electron chi connectivity index (χ2n) is 4.35. The van der Waals surface area contributed by atoms with E-state index in [0.717, 1.165) is 0 Å². The first-order chi connectivity index (χ1) is 10.6. The van der Waals surface area contributed by atoms with Gasteiger partial charge in [0, 0.05) is 6.42 Å². The Morgan fingerprint density at radius 2 is 1.45 bits per heavy atom. The molecule has 0 aliphatic heterocycles. The molecule has 1 aromatic rings. The highest BCUT2D eigenvalue weighted by Crippen LogP contribution is 2.10. The van der Waals surface area contributed by atoms with E-state index in [0.29, 0.717) is 5.56 Å². The third kappa shape index (κ3) is 5.55. The largest absolute Gasteiger partial charge is 0.465 e. The van der Waals surface area contributed by atoms with Crippen LogP contribution >= 0.6 is 0 Å². The lowest BCUT2D eigenvalue weighted by Gasteiger charge is -2.14. The molecule has 0 radical (unpaired) electrons. The molecule has 0 saturated carbocycles. The molecule has 0 bridgehead atoms. The minimum absolute atomic E-state index is 0.0240. The third-order valence-corrected chi connectivity index (χ3v) is 2.79. The van der Waals surface area contributed by atoms with Gasteiger partial charge in [-0.3, -0.25) is 9.59 Å². The van der Waals surface area contributed by atoms with Gasteiger partial charge in [0.05, 0.1) is 25.4 Å². The summed E-state index contributed by atoms with van der Waals surface area (Å²) in [4.78, 5) is 35.2. The van der Waals surface area contributed by atoms with Crippen molar-refractivity contribution in [3.8, 4) is 0 Å². The van der Waals surface area contributed by atoms with Gasteiger partial charge in [0.2, 0.25) is 0 Å². The predicted octanol–water partition coefficient (Wildman–Crippen LogP) is 1.98. The zero-order valence-corrected chi connectivity index (χ0v) is 12.7. The fourth-order valence-electron chi connectivity index (χ4n) is 1.74. The Hall–Kier alpha value is -2.37.